The summed E-state index contributed by atoms with van der Waals surface area (Å²) in [5.74, 6) is 0.115. The van der Waals surface area contributed by atoms with Crippen LogP contribution < -0.4 is 5.32 Å². The number of imidazole rings is 1. The predicted octanol–water partition coefficient (Wildman–Crippen LogP) is 2.29. The molecule has 0 bridgehead atoms. The number of hydrogen-bond acceptors (Lipinski definition) is 7. The van der Waals surface area contributed by atoms with Crippen molar-refractivity contribution in [2.24, 2.45) is 0 Å². The number of rotatable bonds is 6. The second-order valence-electron chi connectivity index (χ2n) is 6.31. The molecule has 1 aromatic carbocycles. The SMILES string of the molecule is COC(=O)c1sc(NC(=O)Cn2c(CN(C)C)nc3ccccc32)nc1C. The van der Waals surface area contributed by atoms with Crippen LogP contribution in [0.15, 0.2) is 24.3 Å². The zero-order chi connectivity index (χ0) is 19.6. The molecule has 0 atom stereocenters. The Balaban J connectivity index is 1.83. The molecule has 3 rings (SSSR count). The lowest BCUT2D eigenvalue weighted by Gasteiger charge is -2.12. The van der Waals surface area contributed by atoms with E-state index in [0.29, 0.717) is 22.2 Å². The van der Waals surface area contributed by atoms with Gasteiger partial charge in [0.05, 0.1) is 30.4 Å². The molecule has 0 fully saturated rings. The smallest absolute Gasteiger partial charge is 0.350 e. The maximum atomic E-state index is 12.6. The number of para-hydroxylation sites is 2. The van der Waals surface area contributed by atoms with E-state index < -0.39 is 5.97 Å². The van der Waals surface area contributed by atoms with Gasteiger partial charge in [0.1, 0.15) is 17.2 Å². The number of hydrogen-bond donors (Lipinski definition) is 1. The molecule has 8 nitrogen and oxygen atoms in total. The molecule has 142 valence electrons. The Bertz CT molecular complexity index is 992. The average Bonchev–Trinajstić information content (AvgIpc) is 3.14. The number of carbonyl (C=O) groups is 2. The van der Waals surface area contributed by atoms with Crippen molar-refractivity contribution in [2.45, 2.75) is 20.0 Å². The summed E-state index contributed by atoms with van der Waals surface area (Å²) in [6.07, 6.45) is 0. The second kappa shape index (κ2) is 7.85. The highest BCUT2D eigenvalue weighted by Gasteiger charge is 2.18. The van der Waals surface area contributed by atoms with Gasteiger partial charge in [0.15, 0.2) is 5.13 Å². The third kappa shape index (κ3) is 4.15. The first kappa shape index (κ1) is 19.0. The predicted molar refractivity (Wildman–Crippen MR) is 104 cm³/mol. The number of benzene rings is 1. The minimum absolute atomic E-state index is 0.107. The van der Waals surface area contributed by atoms with Crippen LogP contribution in [0.5, 0.6) is 0 Å². The highest BCUT2D eigenvalue weighted by atomic mass is 32.1. The van der Waals surface area contributed by atoms with Gasteiger partial charge in [-0.1, -0.05) is 23.5 Å². The first-order chi connectivity index (χ1) is 12.9. The van der Waals surface area contributed by atoms with Crippen molar-refractivity contribution in [3.05, 3.63) is 40.7 Å². The van der Waals surface area contributed by atoms with Gasteiger partial charge < -0.3 is 19.5 Å². The summed E-state index contributed by atoms with van der Waals surface area (Å²) in [6.45, 7) is 2.43. The van der Waals surface area contributed by atoms with Crippen LogP contribution in [0.4, 0.5) is 5.13 Å². The van der Waals surface area contributed by atoms with Gasteiger partial charge in [-0.15, -0.1) is 0 Å². The Kier molecular flexibility index (Phi) is 5.52. The molecule has 2 aromatic heterocycles. The molecule has 1 N–H and O–H groups in total. The number of aryl methyl sites for hydroxylation is 1. The summed E-state index contributed by atoms with van der Waals surface area (Å²) in [5, 5.41) is 3.14. The highest BCUT2D eigenvalue weighted by molar-refractivity contribution is 7.17. The van der Waals surface area contributed by atoms with E-state index in [4.69, 9.17) is 4.74 Å². The van der Waals surface area contributed by atoms with E-state index in [1.165, 1.54) is 7.11 Å². The molecule has 9 heteroatoms. The van der Waals surface area contributed by atoms with Crippen LogP contribution in [0.2, 0.25) is 0 Å². The van der Waals surface area contributed by atoms with E-state index in [1.807, 2.05) is 47.8 Å². The summed E-state index contributed by atoms with van der Waals surface area (Å²) in [7, 11) is 5.23. The molecule has 0 aliphatic heterocycles. The zero-order valence-corrected chi connectivity index (χ0v) is 16.5. The first-order valence-electron chi connectivity index (χ1n) is 8.33. The molecular weight excluding hydrogens is 366 g/mol. The van der Waals surface area contributed by atoms with Crippen LogP contribution in [0.25, 0.3) is 11.0 Å². The number of nitrogens with one attached hydrogen (secondary N) is 1. The summed E-state index contributed by atoms with van der Waals surface area (Å²) in [5.41, 5.74) is 2.28. The Labute approximate surface area is 160 Å². The molecule has 0 unspecified atom stereocenters. The van der Waals surface area contributed by atoms with Gasteiger partial charge in [-0.25, -0.2) is 14.8 Å². The number of nitrogens with zero attached hydrogens (tertiary/aromatic N) is 4. The van der Waals surface area contributed by atoms with Gasteiger partial charge in [0, 0.05) is 0 Å². The number of ether oxygens (including phenoxy) is 1. The number of anilines is 1. The number of esters is 1. The maximum absolute atomic E-state index is 12.6. The van der Waals surface area contributed by atoms with Crippen molar-refractivity contribution in [1.82, 2.24) is 19.4 Å². The molecule has 0 saturated carbocycles. The van der Waals surface area contributed by atoms with Crippen LogP contribution in [-0.4, -0.2) is 52.5 Å². The number of fused-ring (bicyclic) bond motifs is 1. The van der Waals surface area contributed by atoms with Crippen LogP contribution in [0.3, 0.4) is 0 Å². The van der Waals surface area contributed by atoms with E-state index in [0.717, 1.165) is 28.2 Å². The second-order valence-corrected chi connectivity index (χ2v) is 7.31. The van der Waals surface area contributed by atoms with Gasteiger partial charge in [0.2, 0.25) is 5.91 Å². The lowest BCUT2D eigenvalue weighted by molar-refractivity contribution is -0.116. The van der Waals surface area contributed by atoms with Crippen LogP contribution >= 0.6 is 11.3 Å². The molecule has 0 saturated heterocycles. The van der Waals surface area contributed by atoms with Crippen molar-refractivity contribution in [3.63, 3.8) is 0 Å². The van der Waals surface area contributed by atoms with E-state index in [9.17, 15) is 9.59 Å². The number of methoxy groups -OCH3 is 1. The standard InChI is InChI=1S/C18H21N5O3S/c1-11-16(17(25)26-4)27-18(19-11)21-15(24)10-23-13-8-6-5-7-12(13)20-14(23)9-22(2)3/h5-8H,9-10H2,1-4H3,(H,19,21,24). The van der Waals surface area contributed by atoms with E-state index in [1.54, 1.807) is 6.92 Å². The van der Waals surface area contributed by atoms with Gasteiger partial charge >= 0.3 is 5.97 Å². The van der Waals surface area contributed by atoms with Crippen molar-refractivity contribution in [3.8, 4) is 0 Å². The molecule has 0 aliphatic rings. The molecule has 3 aromatic rings. The van der Waals surface area contributed by atoms with Crippen LogP contribution in [0.1, 0.15) is 21.2 Å². The molecule has 2 heterocycles. The van der Waals surface area contributed by atoms with Crippen LogP contribution in [-0.2, 0) is 22.6 Å². The largest absolute Gasteiger partial charge is 0.465 e. The summed E-state index contributed by atoms with van der Waals surface area (Å²) in [6, 6.07) is 7.71. The van der Waals surface area contributed by atoms with Gasteiger partial charge in [-0.05, 0) is 33.2 Å². The Morgan fingerprint density at radius 1 is 1.26 bits per heavy atom. The fourth-order valence-corrected chi connectivity index (χ4v) is 3.64. The van der Waals surface area contributed by atoms with E-state index in [2.05, 4.69) is 15.3 Å². The van der Waals surface area contributed by atoms with Crippen molar-refractivity contribution >= 4 is 39.4 Å². The lowest BCUT2D eigenvalue weighted by atomic mass is 10.3. The van der Waals surface area contributed by atoms with Gasteiger partial charge in [-0.2, -0.15) is 0 Å². The first-order valence-corrected chi connectivity index (χ1v) is 9.15. The average molecular weight is 387 g/mol. The number of aromatic nitrogens is 3. The number of carbonyl (C=O) groups excluding carboxylic acids is 2. The van der Waals surface area contributed by atoms with E-state index in [-0.39, 0.29) is 12.5 Å². The monoisotopic (exact) mass is 387 g/mol. The van der Waals surface area contributed by atoms with Crippen molar-refractivity contribution in [2.75, 3.05) is 26.5 Å². The minimum Gasteiger partial charge on any atom is -0.465 e. The highest BCUT2D eigenvalue weighted by Crippen LogP contribution is 2.23. The van der Waals surface area contributed by atoms with Gasteiger partial charge in [-0.3, -0.25) is 4.79 Å². The Hall–Kier alpha value is -2.78. The molecular formula is C18H21N5O3S. The topological polar surface area (TPSA) is 89.4 Å². The summed E-state index contributed by atoms with van der Waals surface area (Å²) < 4.78 is 6.62. The lowest BCUT2D eigenvalue weighted by Crippen LogP contribution is -2.22. The Morgan fingerprint density at radius 2 is 2.00 bits per heavy atom. The van der Waals surface area contributed by atoms with Crippen molar-refractivity contribution in [1.29, 1.82) is 0 Å². The zero-order valence-electron chi connectivity index (χ0n) is 15.6. The molecule has 27 heavy (non-hydrogen) atoms. The third-order valence-corrected chi connectivity index (χ3v) is 4.96. The van der Waals surface area contributed by atoms with Crippen molar-refractivity contribution < 1.29 is 14.3 Å². The normalized spacial score (nSPS) is 11.1. The quantitative estimate of drug-likeness (QED) is 0.653. The number of thiazole rings is 1. The minimum atomic E-state index is -0.459. The molecule has 0 spiro atoms. The Morgan fingerprint density at radius 3 is 2.70 bits per heavy atom. The summed E-state index contributed by atoms with van der Waals surface area (Å²) in [4.78, 5) is 35.6. The number of amides is 1. The maximum Gasteiger partial charge on any atom is 0.350 e. The molecule has 1 amide bonds. The van der Waals surface area contributed by atoms with Gasteiger partial charge in [0.25, 0.3) is 0 Å². The fraction of sp³-hybridized carbons (Fsp3) is 0.333. The van der Waals surface area contributed by atoms with Crippen LogP contribution in [0, 0.1) is 6.92 Å². The third-order valence-electron chi connectivity index (χ3n) is 3.91. The summed E-state index contributed by atoms with van der Waals surface area (Å²) >= 11 is 1.10. The molecule has 0 aliphatic carbocycles. The van der Waals surface area contributed by atoms with E-state index >= 15 is 0 Å². The molecule has 0 radical (unpaired) electrons. The fourth-order valence-electron chi connectivity index (χ4n) is 2.74.